The van der Waals surface area contributed by atoms with Crippen LogP contribution in [0.25, 0.3) is 0 Å². The Morgan fingerprint density at radius 3 is 2.58 bits per heavy atom. The Bertz CT molecular complexity index is 448. The lowest BCUT2D eigenvalue weighted by Gasteiger charge is -2.16. The van der Waals surface area contributed by atoms with Gasteiger partial charge in [-0.3, -0.25) is 14.5 Å². The summed E-state index contributed by atoms with van der Waals surface area (Å²) in [6.07, 6.45) is 0.369. The molecule has 4 N–H and O–H groups in total. The normalized spacial score (nSPS) is 10.3. The monoisotopic (exact) mass is 264 g/mol. The average Bonchev–Trinajstić information content (AvgIpc) is 2.38. The maximum absolute atomic E-state index is 11.8. The lowest BCUT2D eigenvalue weighted by molar-refractivity contribution is -0.122. The van der Waals surface area contributed by atoms with Gasteiger partial charge in [0.15, 0.2) is 0 Å². The molecule has 0 unspecified atom stereocenters. The van der Waals surface area contributed by atoms with Crippen LogP contribution in [0.3, 0.4) is 0 Å². The lowest BCUT2D eigenvalue weighted by Crippen LogP contribution is -2.33. The Hall–Kier alpha value is -2.08. The third-order valence-corrected chi connectivity index (χ3v) is 2.65. The molecule has 1 aromatic carbocycles. The molecule has 19 heavy (non-hydrogen) atoms. The van der Waals surface area contributed by atoms with Gasteiger partial charge in [-0.2, -0.15) is 0 Å². The maximum atomic E-state index is 11.8. The number of nitrogens with zero attached hydrogens (tertiary/aromatic N) is 1. The molecule has 104 valence electrons. The topological polar surface area (TPSA) is 87.5 Å². The summed E-state index contributed by atoms with van der Waals surface area (Å²) < 4.78 is 0. The fourth-order valence-electron chi connectivity index (χ4n) is 1.54. The highest BCUT2D eigenvalue weighted by atomic mass is 16.2. The zero-order valence-electron chi connectivity index (χ0n) is 11.3. The number of rotatable bonds is 6. The van der Waals surface area contributed by atoms with E-state index < -0.39 is 0 Å². The Balaban J connectivity index is 2.39. The number of amides is 2. The van der Waals surface area contributed by atoms with Crippen molar-refractivity contribution in [2.24, 2.45) is 0 Å². The molecular weight excluding hydrogens is 244 g/mol. The molecule has 0 fully saturated rings. The number of benzene rings is 1. The van der Waals surface area contributed by atoms with Crippen LogP contribution < -0.4 is 16.4 Å². The third-order valence-electron chi connectivity index (χ3n) is 2.65. The predicted octanol–water partition coefficient (Wildman–Crippen LogP) is 0.275. The summed E-state index contributed by atoms with van der Waals surface area (Å²) in [7, 11) is 3.38. The van der Waals surface area contributed by atoms with Gasteiger partial charge in [-0.25, -0.2) is 0 Å². The SMILES string of the molecule is CNC(=O)CCN(C)CC(=O)Nc1ccccc1N. The molecule has 0 saturated carbocycles. The minimum Gasteiger partial charge on any atom is -0.397 e. The van der Waals surface area contributed by atoms with Crippen LogP contribution in [0.15, 0.2) is 24.3 Å². The van der Waals surface area contributed by atoms with Gasteiger partial charge in [-0.05, 0) is 19.2 Å². The van der Waals surface area contributed by atoms with E-state index in [9.17, 15) is 9.59 Å². The average molecular weight is 264 g/mol. The zero-order valence-corrected chi connectivity index (χ0v) is 11.3. The van der Waals surface area contributed by atoms with Crippen LogP contribution in [0, 0.1) is 0 Å². The van der Waals surface area contributed by atoms with Crippen molar-refractivity contribution in [3.05, 3.63) is 24.3 Å². The minimum absolute atomic E-state index is 0.0421. The standard InChI is InChI=1S/C13H20N4O2/c1-15-12(18)7-8-17(2)9-13(19)16-11-6-4-3-5-10(11)14/h3-6H,7-9,14H2,1-2H3,(H,15,18)(H,16,19). The summed E-state index contributed by atoms with van der Waals surface area (Å²) in [5.41, 5.74) is 6.87. The molecule has 0 heterocycles. The van der Waals surface area contributed by atoms with Crippen LogP contribution in [0.1, 0.15) is 6.42 Å². The van der Waals surface area contributed by atoms with Gasteiger partial charge < -0.3 is 16.4 Å². The van der Waals surface area contributed by atoms with Crippen LogP contribution >= 0.6 is 0 Å². The zero-order chi connectivity index (χ0) is 14.3. The quantitative estimate of drug-likeness (QED) is 0.644. The van der Waals surface area contributed by atoms with Crippen molar-refractivity contribution in [2.75, 3.05) is 38.2 Å². The number of nitrogen functional groups attached to an aromatic ring is 1. The Labute approximate surface area is 113 Å². The number of anilines is 2. The number of para-hydroxylation sites is 2. The Kier molecular flexibility index (Phi) is 5.81. The summed E-state index contributed by atoms with van der Waals surface area (Å²) in [4.78, 5) is 24.6. The summed E-state index contributed by atoms with van der Waals surface area (Å²) in [6.45, 7) is 0.739. The van der Waals surface area contributed by atoms with Crippen LogP contribution in [-0.2, 0) is 9.59 Å². The molecule has 1 aromatic rings. The molecule has 6 nitrogen and oxygen atoms in total. The van der Waals surface area contributed by atoms with Gasteiger partial charge in [-0.15, -0.1) is 0 Å². The van der Waals surface area contributed by atoms with Crippen molar-refractivity contribution < 1.29 is 9.59 Å². The van der Waals surface area contributed by atoms with E-state index in [1.165, 1.54) is 0 Å². The van der Waals surface area contributed by atoms with Crippen molar-refractivity contribution >= 4 is 23.2 Å². The van der Waals surface area contributed by atoms with Crippen molar-refractivity contribution in [1.29, 1.82) is 0 Å². The fourth-order valence-corrected chi connectivity index (χ4v) is 1.54. The molecule has 0 aliphatic carbocycles. The number of nitrogens with one attached hydrogen (secondary N) is 2. The first kappa shape index (κ1) is 15.0. The number of hydrogen-bond donors (Lipinski definition) is 3. The van der Waals surface area contributed by atoms with Gasteiger partial charge in [0.2, 0.25) is 11.8 Å². The van der Waals surface area contributed by atoms with Crippen LogP contribution in [0.2, 0.25) is 0 Å². The molecule has 0 saturated heterocycles. The van der Waals surface area contributed by atoms with E-state index in [4.69, 9.17) is 5.73 Å². The first-order chi connectivity index (χ1) is 9.02. The Morgan fingerprint density at radius 1 is 1.26 bits per heavy atom. The molecule has 0 aliphatic rings. The van der Waals surface area contributed by atoms with Gasteiger partial charge in [-0.1, -0.05) is 12.1 Å². The van der Waals surface area contributed by atoms with Gasteiger partial charge in [0, 0.05) is 20.0 Å². The third kappa shape index (κ3) is 5.39. The molecule has 2 amide bonds. The molecule has 0 atom stereocenters. The van der Waals surface area contributed by atoms with Crippen molar-refractivity contribution in [2.45, 2.75) is 6.42 Å². The van der Waals surface area contributed by atoms with E-state index in [1.807, 2.05) is 0 Å². The minimum atomic E-state index is -0.155. The molecule has 0 aromatic heterocycles. The molecule has 0 spiro atoms. The van der Waals surface area contributed by atoms with E-state index in [-0.39, 0.29) is 18.4 Å². The number of carbonyl (C=O) groups excluding carboxylic acids is 2. The van der Waals surface area contributed by atoms with E-state index >= 15 is 0 Å². The van der Waals surface area contributed by atoms with Crippen LogP contribution in [-0.4, -0.2) is 43.9 Å². The smallest absolute Gasteiger partial charge is 0.238 e. The molecule has 6 heteroatoms. The molecule has 0 bridgehead atoms. The second-order valence-corrected chi connectivity index (χ2v) is 4.30. The predicted molar refractivity (Wildman–Crippen MR) is 75.7 cm³/mol. The first-order valence-electron chi connectivity index (χ1n) is 6.06. The maximum Gasteiger partial charge on any atom is 0.238 e. The van der Waals surface area contributed by atoms with Gasteiger partial charge in [0.25, 0.3) is 0 Å². The fraction of sp³-hybridized carbons (Fsp3) is 0.385. The highest BCUT2D eigenvalue weighted by Gasteiger charge is 2.09. The summed E-state index contributed by atoms with van der Waals surface area (Å²) >= 11 is 0. The highest BCUT2D eigenvalue weighted by Crippen LogP contribution is 2.16. The molecular formula is C13H20N4O2. The molecule has 0 radical (unpaired) electrons. The van der Waals surface area contributed by atoms with Gasteiger partial charge >= 0.3 is 0 Å². The second kappa shape index (κ2) is 7.38. The number of nitrogens with two attached hydrogens (primary N) is 1. The van der Waals surface area contributed by atoms with E-state index in [0.717, 1.165) is 0 Å². The van der Waals surface area contributed by atoms with E-state index in [0.29, 0.717) is 24.3 Å². The van der Waals surface area contributed by atoms with Gasteiger partial charge in [0.05, 0.1) is 17.9 Å². The number of likely N-dealkylation sites (N-methyl/N-ethyl adjacent to an activating group) is 1. The van der Waals surface area contributed by atoms with E-state index in [1.54, 1.807) is 43.3 Å². The lowest BCUT2D eigenvalue weighted by atomic mass is 10.2. The molecule has 0 aliphatic heterocycles. The highest BCUT2D eigenvalue weighted by molar-refractivity contribution is 5.95. The van der Waals surface area contributed by atoms with Gasteiger partial charge in [0.1, 0.15) is 0 Å². The largest absolute Gasteiger partial charge is 0.397 e. The van der Waals surface area contributed by atoms with Crippen LogP contribution in [0.4, 0.5) is 11.4 Å². The van der Waals surface area contributed by atoms with Crippen molar-refractivity contribution in [1.82, 2.24) is 10.2 Å². The molecule has 1 rings (SSSR count). The second-order valence-electron chi connectivity index (χ2n) is 4.30. The van der Waals surface area contributed by atoms with E-state index in [2.05, 4.69) is 10.6 Å². The summed E-state index contributed by atoms with van der Waals surface area (Å²) in [5, 5.41) is 5.27. The van der Waals surface area contributed by atoms with Crippen molar-refractivity contribution in [3.8, 4) is 0 Å². The van der Waals surface area contributed by atoms with Crippen LogP contribution in [0.5, 0.6) is 0 Å². The summed E-state index contributed by atoms with van der Waals surface area (Å²) in [5.74, 6) is -0.197. The first-order valence-corrected chi connectivity index (χ1v) is 6.06. The Morgan fingerprint density at radius 2 is 1.95 bits per heavy atom. The van der Waals surface area contributed by atoms with Crippen molar-refractivity contribution in [3.63, 3.8) is 0 Å². The number of hydrogen-bond acceptors (Lipinski definition) is 4. The summed E-state index contributed by atoms with van der Waals surface area (Å²) in [6, 6.07) is 7.09. The number of carbonyl (C=O) groups is 2.